The van der Waals surface area contributed by atoms with E-state index in [1.54, 1.807) is 7.11 Å². The summed E-state index contributed by atoms with van der Waals surface area (Å²) in [6.45, 7) is 4.23. The van der Waals surface area contributed by atoms with E-state index in [1.807, 2.05) is 71.6 Å². The number of methoxy groups -OCH3 is 1. The first-order valence-corrected chi connectivity index (χ1v) is 9.93. The average Bonchev–Trinajstić information content (AvgIpc) is 3.08. The predicted molar refractivity (Wildman–Crippen MR) is 116 cm³/mol. The SMILES string of the molecule is CCC(C(=O)NCc1cccc(OC)c1)n1c2ccccc2c2nc(=O)cc(C)n21. The Kier molecular flexibility index (Phi) is 5.27. The summed E-state index contributed by atoms with van der Waals surface area (Å²) in [4.78, 5) is 29.4. The summed E-state index contributed by atoms with van der Waals surface area (Å²) in [6, 6.07) is 16.4. The molecule has 0 fully saturated rings. The summed E-state index contributed by atoms with van der Waals surface area (Å²) in [5.74, 6) is 0.655. The quantitative estimate of drug-likeness (QED) is 0.535. The number of para-hydroxylation sites is 1. The molecule has 7 heteroatoms. The van der Waals surface area contributed by atoms with Gasteiger partial charge >= 0.3 is 0 Å². The van der Waals surface area contributed by atoms with Crippen molar-refractivity contribution in [2.24, 2.45) is 0 Å². The van der Waals surface area contributed by atoms with Crippen molar-refractivity contribution in [2.75, 3.05) is 7.11 Å². The van der Waals surface area contributed by atoms with E-state index < -0.39 is 6.04 Å². The molecule has 30 heavy (non-hydrogen) atoms. The van der Waals surface area contributed by atoms with Gasteiger partial charge in [0.25, 0.3) is 5.56 Å². The molecule has 0 spiro atoms. The van der Waals surface area contributed by atoms with Gasteiger partial charge in [-0.3, -0.25) is 14.3 Å². The van der Waals surface area contributed by atoms with Gasteiger partial charge in [0.05, 0.1) is 12.6 Å². The Morgan fingerprint density at radius 3 is 2.73 bits per heavy atom. The molecule has 0 aliphatic rings. The minimum absolute atomic E-state index is 0.0962. The van der Waals surface area contributed by atoms with Crippen molar-refractivity contribution < 1.29 is 9.53 Å². The van der Waals surface area contributed by atoms with Crippen molar-refractivity contribution in [3.63, 3.8) is 0 Å². The molecule has 0 saturated carbocycles. The lowest BCUT2D eigenvalue weighted by molar-refractivity contribution is -0.124. The van der Waals surface area contributed by atoms with Crippen LogP contribution in [0.2, 0.25) is 0 Å². The molecule has 2 heterocycles. The van der Waals surface area contributed by atoms with Gasteiger partial charge in [0, 0.05) is 23.7 Å². The summed E-state index contributed by atoms with van der Waals surface area (Å²) in [6.07, 6.45) is 0.587. The van der Waals surface area contributed by atoms with Crippen molar-refractivity contribution in [1.82, 2.24) is 19.5 Å². The first-order chi connectivity index (χ1) is 14.5. The molecule has 4 rings (SSSR count). The number of rotatable bonds is 6. The van der Waals surface area contributed by atoms with Crippen molar-refractivity contribution in [2.45, 2.75) is 32.9 Å². The minimum atomic E-state index is -0.457. The van der Waals surface area contributed by atoms with Crippen LogP contribution in [0.4, 0.5) is 0 Å². The molecule has 2 aromatic carbocycles. The molecule has 154 valence electrons. The molecular weight excluding hydrogens is 380 g/mol. The molecule has 1 unspecified atom stereocenters. The van der Waals surface area contributed by atoms with E-state index >= 15 is 0 Å². The average molecular weight is 404 g/mol. The van der Waals surface area contributed by atoms with E-state index in [0.29, 0.717) is 18.6 Å². The normalized spacial score (nSPS) is 12.2. The number of carbonyl (C=O) groups excluding carboxylic acids is 1. The number of aryl methyl sites for hydroxylation is 1. The van der Waals surface area contributed by atoms with Crippen LogP contribution >= 0.6 is 0 Å². The van der Waals surface area contributed by atoms with E-state index in [1.165, 1.54) is 6.07 Å². The van der Waals surface area contributed by atoms with Crippen molar-refractivity contribution >= 4 is 22.5 Å². The number of ether oxygens (including phenoxy) is 1. The molecule has 0 aliphatic heterocycles. The maximum absolute atomic E-state index is 13.2. The molecule has 2 aromatic heterocycles. The number of amides is 1. The molecule has 0 bridgehead atoms. The zero-order valence-electron chi connectivity index (χ0n) is 17.3. The zero-order valence-corrected chi connectivity index (χ0v) is 17.3. The van der Waals surface area contributed by atoms with Gasteiger partial charge in [0.1, 0.15) is 11.8 Å². The van der Waals surface area contributed by atoms with Crippen LogP contribution in [0.1, 0.15) is 30.6 Å². The van der Waals surface area contributed by atoms with E-state index in [0.717, 1.165) is 27.9 Å². The van der Waals surface area contributed by atoms with Crippen LogP contribution in [0, 0.1) is 6.92 Å². The van der Waals surface area contributed by atoms with Crippen LogP contribution in [-0.4, -0.2) is 27.2 Å². The van der Waals surface area contributed by atoms with Crippen molar-refractivity contribution in [1.29, 1.82) is 0 Å². The second-order valence-electron chi connectivity index (χ2n) is 7.23. The first-order valence-electron chi connectivity index (χ1n) is 9.93. The fraction of sp³-hybridized carbons (Fsp3) is 0.261. The maximum Gasteiger partial charge on any atom is 0.273 e. The third-order valence-electron chi connectivity index (χ3n) is 5.28. The van der Waals surface area contributed by atoms with Gasteiger partial charge in [-0.15, -0.1) is 0 Å². The van der Waals surface area contributed by atoms with Gasteiger partial charge in [0.15, 0.2) is 5.65 Å². The highest BCUT2D eigenvalue weighted by atomic mass is 16.5. The molecule has 1 N–H and O–H groups in total. The van der Waals surface area contributed by atoms with Crippen LogP contribution in [0.15, 0.2) is 59.4 Å². The van der Waals surface area contributed by atoms with Gasteiger partial charge in [0.2, 0.25) is 5.91 Å². The molecular formula is C23H24N4O3. The van der Waals surface area contributed by atoms with E-state index in [-0.39, 0.29) is 11.5 Å². The van der Waals surface area contributed by atoms with Crippen LogP contribution in [0.25, 0.3) is 16.6 Å². The Hall–Kier alpha value is -3.61. The van der Waals surface area contributed by atoms with Gasteiger partial charge in [-0.1, -0.05) is 31.2 Å². The van der Waals surface area contributed by atoms with Crippen LogP contribution in [-0.2, 0) is 11.3 Å². The van der Waals surface area contributed by atoms with Crippen LogP contribution in [0.3, 0.4) is 0 Å². The molecule has 4 aromatic rings. The Morgan fingerprint density at radius 2 is 1.97 bits per heavy atom. The number of fused-ring (bicyclic) bond motifs is 3. The molecule has 1 amide bonds. The number of hydrogen-bond donors (Lipinski definition) is 1. The summed E-state index contributed by atoms with van der Waals surface area (Å²) < 4.78 is 9.06. The zero-order chi connectivity index (χ0) is 21.3. The Morgan fingerprint density at radius 1 is 1.17 bits per heavy atom. The maximum atomic E-state index is 13.2. The molecule has 7 nitrogen and oxygen atoms in total. The predicted octanol–water partition coefficient (Wildman–Crippen LogP) is 3.23. The topological polar surface area (TPSA) is 77.6 Å². The summed E-state index contributed by atoms with van der Waals surface area (Å²) in [5.41, 5.74) is 2.84. The third kappa shape index (κ3) is 3.43. The fourth-order valence-corrected chi connectivity index (χ4v) is 3.87. The Balaban J connectivity index is 1.75. The second-order valence-corrected chi connectivity index (χ2v) is 7.23. The van der Waals surface area contributed by atoms with Crippen molar-refractivity contribution in [3.8, 4) is 5.75 Å². The molecule has 0 saturated heterocycles. The summed E-state index contributed by atoms with van der Waals surface area (Å²) in [5, 5.41) is 3.88. The fourth-order valence-electron chi connectivity index (χ4n) is 3.87. The van der Waals surface area contributed by atoms with Gasteiger partial charge in [-0.2, -0.15) is 4.98 Å². The Labute approximate surface area is 173 Å². The van der Waals surface area contributed by atoms with Crippen LogP contribution in [0.5, 0.6) is 5.75 Å². The summed E-state index contributed by atoms with van der Waals surface area (Å²) >= 11 is 0. The standard InChI is InChI=1S/C23H24N4O3/c1-4-19(23(29)24-14-16-8-7-9-17(13-16)30-3)27-20-11-6-5-10-18(20)22-25-21(28)12-15(2)26(22)27/h5-13,19H,4,14H2,1-3H3,(H,24,29). The lowest BCUT2D eigenvalue weighted by Gasteiger charge is -2.20. The Bertz CT molecular complexity index is 1290. The third-order valence-corrected chi connectivity index (χ3v) is 5.28. The second kappa shape index (κ2) is 8.02. The minimum Gasteiger partial charge on any atom is -0.497 e. The first kappa shape index (κ1) is 19.7. The number of aromatic nitrogens is 3. The van der Waals surface area contributed by atoms with Gasteiger partial charge in [-0.05, 0) is 43.2 Å². The van der Waals surface area contributed by atoms with Crippen molar-refractivity contribution in [3.05, 3.63) is 76.2 Å². The van der Waals surface area contributed by atoms with Gasteiger partial charge in [-0.25, -0.2) is 4.52 Å². The number of nitrogens with one attached hydrogen (secondary N) is 1. The highest BCUT2D eigenvalue weighted by Gasteiger charge is 2.24. The monoisotopic (exact) mass is 404 g/mol. The van der Waals surface area contributed by atoms with Crippen LogP contribution < -0.4 is 15.6 Å². The molecule has 0 radical (unpaired) electrons. The van der Waals surface area contributed by atoms with E-state index in [4.69, 9.17) is 4.74 Å². The lowest BCUT2D eigenvalue weighted by Crippen LogP contribution is -2.34. The lowest BCUT2D eigenvalue weighted by atomic mass is 10.1. The highest BCUT2D eigenvalue weighted by molar-refractivity contribution is 5.94. The molecule has 1 atom stereocenters. The largest absolute Gasteiger partial charge is 0.497 e. The summed E-state index contributed by atoms with van der Waals surface area (Å²) in [7, 11) is 1.62. The highest BCUT2D eigenvalue weighted by Crippen LogP contribution is 2.26. The number of hydrogen-bond acceptors (Lipinski definition) is 4. The number of carbonyl (C=O) groups is 1. The number of nitrogens with zero attached hydrogens (tertiary/aromatic N) is 3. The smallest absolute Gasteiger partial charge is 0.273 e. The van der Waals surface area contributed by atoms with E-state index in [9.17, 15) is 9.59 Å². The van der Waals surface area contributed by atoms with Gasteiger partial charge < -0.3 is 10.1 Å². The number of benzene rings is 2. The molecule has 0 aliphatic carbocycles. The van der Waals surface area contributed by atoms with E-state index in [2.05, 4.69) is 10.3 Å².